The monoisotopic (exact) mass is 389 g/mol. The first-order valence-electron chi connectivity index (χ1n) is 8.07. The van der Waals surface area contributed by atoms with E-state index in [1.165, 1.54) is 0 Å². The van der Waals surface area contributed by atoms with E-state index < -0.39 is 53.3 Å². The number of nitrogens with one attached hydrogen (secondary N) is 1. The van der Waals surface area contributed by atoms with Gasteiger partial charge in [-0.1, -0.05) is 18.2 Å². The van der Waals surface area contributed by atoms with E-state index in [9.17, 15) is 23.4 Å². The van der Waals surface area contributed by atoms with Gasteiger partial charge in [0.1, 0.15) is 24.4 Å². The molecule has 1 fully saturated rings. The molecular formula is C16H23NO8S. The van der Waals surface area contributed by atoms with Gasteiger partial charge in [0.05, 0.1) is 12.9 Å². The highest BCUT2D eigenvalue weighted by atomic mass is 32.2. The average Bonchev–Trinajstić information content (AvgIpc) is 2.60. The molecule has 1 aliphatic heterocycles. The van der Waals surface area contributed by atoms with Crippen molar-refractivity contribution in [1.82, 2.24) is 5.32 Å². The molecule has 0 unspecified atom stereocenters. The summed E-state index contributed by atoms with van der Waals surface area (Å²) in [6.45, 7) is 1.31. The molecule has 9 nitrogen and oxygen atoms in total. The summed E-state index contributed by atoms with van der Waals surface area (Å²) in [4.78, 5) is 12.5. The SMILES string of the molecule is CCO[C@@H]1O[C@H](CO)[C@H](O)[C@@H](OS(C)(=O)=O)[C@H]1NC(=O)c1ccccc1. The molecule has 0 saturated carbocycles. The highest BCUT2D eigenvalue weighted by Gasteiger charge is 2.48. The van der Waals surface area contributed by atoms with Crippen LogP contribution >= 0.6 is 0 Å². The molecule has 1 aliphatic rings. The number of aliphatic hydroxyl groups excluding tert-OH is 2. The van der Waals surface area contributed by atoms with E-state index in [-0.39, 0.29) is 6.61 Å². The van der Waals surface area contributed by atoms with Crippen molar-refractivity contribution in [3.05, 3.63) is 35.9 Å². The predicted octanol–water partition coefficient (Wildman–Crippen LogP) is -0.756. The number of carbonyl (C=O) groups excluding carboxylic acids is 1. The summed E-state index contributed by atoms with van der Waals surface area (Å²) in [6.07, 6.45) is -4.29. The maximum atomic E-state index is 12.5. The van der Waals surface area contributed by atoms with E-state index in [0.717, 1.165) is 6.26 Å². The Labute approximate surface area is 152 Å². The Morgan fingerprint density at radius 1 is 1.31 bits per heavy atom. The van der Waals surface area contributed by atoms with E-state index in [0.29, 0.717) is 5.56 Å². The van der Waals surface area contributed by atoms with Crippen molar-refractivity contribution >= 4 is 16.0 Å². The van der Waals surface area contributed by atoms with Gasteiger partial charge in [0.2, 0.25) is 0 Å². The molecule has 0 bridgehead atoms. The number of ether oxygens (including phenoxy) is 2. The van der Waals surface area contributed by atoms with Gasteiger partial charge in [-0.3, -0.25) is 8.98 Å². The number of aliphatic hydroxyl groups is 2. The van der Waals surface area contributed by atoms with Gasteiger partial charge in [-0.2, -0.15) is 8.42 Å². The molecule has 10 heteroatoms. The third-order valence-electron chi connectivity index (χ3n) is 3.80. The van der Waals surface area contributed by atoms with E-state index in [4.69, 9.17) is 13.7 Å². The van der Waals surface area contributed by atoms with Crippen LogP contribution in [0.4, 0.5) is 0 Å². The van der Waals surface area contributed by atoms with Crippen LogP contribution < -0.4 is 5.32 Å². The molecule has 1 saturated heterocycles. The number of benzene rings is 1. The predicted molar refractivity (Wildman–Crippen MR) is 90.8 cm³/mol. The van der Waals surface area contributed by atoms with Crippen molar-refractivity contribution in [2.24, 2.45) is 0 Å². The van der Waals surface area contributed by atoms with Gasteiger partial charge >= 0.3 is 0 Å². The minimum atomic E-state index is -3.96. The second-order valence-electron chi connectivity index (χ2n) is 5.80. The Morgan fingerprint density at radius 3 is 2.50 bits per heavy atom. The van der Waals surface area contributed by atoms with Crippen LogP contribution in [0.2, 0.25) is 0 Å². The summed E-state index contributed by atoms with van der Waals surface area (Å²) in [7, 11) is -3.96. The first kappa shape index (κ1) is 20.7. The maximum Gasteiger partial charge on any atom is 0.264 e. The lowest BCUT2D eigenvalue weighted by Crippen LogP contribution is -2.65. The molecule has 0 radical (unpaired) electrons. The Balaban J connectivity index is 2.31. The number of hydrogen-bond donors (Lipinski definition) is 3. The third kappa shape index (κ3) is 5.22. The molecule has 1 aromatic carbocycles. The lowest BCUT2D eigenvalue weighted by atomic mass is 9.96. The third-order valence-corrected chi connectivity index (χ3v) is 4.38. The van der Waals surface area contributed by atoms with Crippen LogP contribution in [0.1, 0.15) is 17.3 Å². The van der Waals surface area contributed by atoms with Gasteiger partial charge in [-0.25, -0.2) is 0 Å². The highest BCUT2D eigenvalue weighted by molar-refractivity contribution is 7.86. The maximum absolute atomic E-state index is 12.5. The summed E-state index contributed by atoms with van der Waals surface area (Å²) in [5, 5.41) is 22.3. The zero-order valence-corrected chi connectivity index (χ0v) is 15.3. The smallest absolute Gasteiger partial charge is 0.264 e. The number of rotatable bonds is 7. The van der Waals surface area contributed by atoms with Crippen molar-refractivity contribution in [2.45, 2.75) is 37.6 Å². The Kier molecular flexibility index (Phi) is 7.09. The molecule has 0 aromatic heterocycles. The van der Waals surface area contributed by atoms with Crippen molar-refractivity contribution in [1.29, 1.82) is 0 Å². The second kappa shape index (κ2) is 8.89. The van der Waals surface area contributed by atoms with Gasteiger partial charge < -0.3 is 25.0 Å². The summed E-state index contributed by atoms with van der Waals surface area (Å²) >= 11 is 0. The van der Waals surface area contributed by atoms with Gasteiger partial charge in [0.25, 0.3) is 16.0 Å². The van der Waals surface area contributed by atoms with E-state index in [1.807, 2.05) is 0 Å². The molecule has 1 heterocycles. The van der Waals surface area contributed by atoms with Crippen LogP contribution in [0.5, 0.6) is 0 Å². The first-order valence-corrected chi connectivity index (χ1v) is 9.88. The zero-order chi connectivity index (χ0) is 19.3. The minimum Gasteiger partial charge on any atom is -0.394 e. The Hall–Kier alpha value is -1.56. The molecule has 146 valence electrons. The molecule has 0 spiro atoms. The highest BCUT2D eigenvalue weighted by Crippen LogP contribution is 2.26. The van der Waals surface area contributed by atoms with Crippen LogP contribution in [-0.4, -0.2) is 74.7 Å². The second-order valence-corrected chi connectivity index (χ2v) is 7.40. The summed E-state index contributed by atoms with van der Waals surface area (Å²) in [5.74, 6) is -0.513. The topological polar surface area (TPSA) is 131 Å². The van der Waals surface area contributed by atoms with E-state index >= 15 is 0 Å². The van der Waals surface area contributed by atoms with Crippen molar-refractivity contribution in [2.75, 3.05) is 19.5 Å². The van der Waals surface area contributed by atoms with Gasteiger partial charge in [0.15, 0.2) is 6.29 Å². The van der Waals surface area contributed by atoms with Crippen LogP contribution in [0.25, 0.3) is 0 Å². The van der Waals surface area contributed by atoms with Gasteiger partial charge in [0, 0.05) is 12.2 Å². The van der Waals surface area contributed by atoms with E-state index in [1.54, 1.807) is 37.3 Å². The average molecular weight is 389 g/mol. The largest absolute Gasteiger partial charge is 0.394 e. The number of carbonyl (C=O) groups is 1. The van der Waals surface area contributed by atoms with Crippen molar-refractivity contribution < 1.29 is 37.1 Å². The first-order chi connectivity index (χ1) is 12.3. The van der Waals surface area contributed by atoms with E-state index in [2.05, 4.69) is 5.32 Å². The molecule has 3 N–H and O–H groups in total. The molecule has 1 amide bonds. The summed E-state index contributed by atoms with van der Waals surface area (Å²) in [6, 6.07) is 7.13. The summed E-state index contributed by atoms with van der Waals surface area (Å²) < 4.78 is 39.1. The van der Waals surface area contributed by atoms with Gasteiger partial charge in [-0.05, 0) is 19.1 Å². The minimum absolute atomic E-state index is 0.197. The fourth-order valence-electron chi connectivity index (χ4n) is 2.67. The quantitative estimate of drug-likeness (QED) is 0.519. The lowest BCUT2D eigenvalue weighted by Gasteiger charge is -2.43. The molecule has 5 atom stereocenters. The fourth-order valence-corrected chi connectivity index (χ4v) is 3.30. The molecular weight excluding hydrogens is 366 g/mol. The number of amides is 1. The molecule has 2 rings (SSSR count). The molecule has 26 heavy (non-hydrogen) atoms. The van der Waals surface area contributed by atoms with Crippen LogP contribution in [0, 0.1) is 0 Å². The van der Waals surface area contributed by atoms with Crippen LogP contribution in [0.3, 0.4) is 0 Å². The van der Waals surface area contributed by atoms with Crippen molar-refractivity contribution in [3.8, 4) is 0 Å². The summed E-state index contributed by atoms with van der Waals surface area (Å²) in [5.41, 5.74) is 0.333. The molecule has 0 aliphatic carbocycles. The fraction of sp³-hybridized carbons (Fsp3) is 0.562. The van der Waals surface area contributed by atoms with Crippen molar-refractivity contribution in [3.63, 3.8) is 0 Å². The Morgan fingerprint density at radius 2 is 1.96 bits per heavy atom. The normalized spacial score (nSPS) is 29.3. The van der Waals surface area contributed by atoms with Crippen LogP contribution in [-0.2, 0) is 23.8 Å². The van der Waals surface area contributed by atoms with Gasteiger partial charge in [-0.15, -0.1) is 0 Å². The van der Waals surface area contributed by atoms with Crippen LogP contribution in [0.15, 0.2) is 30.3 Å². The number of hydrogen-bond acceptors (Lipinski definition) is 8. The molecule has 1 aromatic rings. The Bertz CT molecular complexity index is 695. The lowest BCUT2D eigenvalue weighted by molar-refractivity contribution is -0.263. The standard InChI is InChI=1S/C16H23NO8S/c1-3-23-16-12(17-15(20)10-7-5-4-6-8-10)14(25-26(2,21)22)13(19)11(9-18)24-16/h4-8,11-14,16,18-19H,3,9H2,1-2H3,(H,17,20)/t11-,12-,13+,14+,16-/m1/s1. The zero-order valence-electron chi connectivity index (χ0n) is 14.4.